The number of hydrogen-bond acceptors (Lipinski definition) is 8. The summed E-state index contributed by atoms with van der Waals surface area (Å²) in [5.41, 5.74) is 7.64. The van der Waals surface area contributed by atoms with Gasteiger partial charge >= 0.3 is 0 Å². The molecule has 0 radical (unpaired) electrons. The fourth-order valence-electron chi connectivity index (χ4n) is 3.51. The summed E-state index contributed by atoms with van der Waals surface area (Å²) in [6.07, 6.45) is 6.30. The van der Waals surface area contributed by atoms with E-state index in [0.717, 1.165) is 24.0 Å². The minimum Gasteiger partial charge on any atom is -0.495 e. The van der Waals surface area contributed by atoms with E-state index in [1.54, 1.807) is 30.5 Å². The van der Waals surface area contributed by atoms with Crippen LogP contribution < -0.4 is 19.9 Å². The number of methoxy groups -OCH3 is 1. The van der Waals surface area contributed by atoms with E-state index >= 15 is 0 Å². The molecule has 0 atom stereocenters. The minimum atomic E-state index is -3.97. The highest BCUT2D eigenvalue weighted by atomic mass is 32.2. The van der Waals surface area contributed by atoms with Gasteiger partial charge in [0.05, 0.1) is 20.3 Å². The summed E-state index contributed by atoms with van der Waals surface area (Å²) in [7, 11) is -2.56. The van der Waals surface area contributed by atoms with Crippen LogP contribution in [0.1, 0.15) is 17.5 Å². The van der Waals surface area contributed by atoms with Crippen LogP contribution >= 0.6 is 0 Å². The number of nitrogens with one attached hydrogen (secondary N) is 1. The Labute approximate surface area is 179 Å². The van der Waals surface area contributed by atoms with Crippen LogP contribution in [-0.2, 0) is 23.0 Å². The molecular weight excluding hydrogens is 420 g/mol. The van der Waals surface area contributed by atoms with Crippen molar-refractivity contribution in [1.29, 1.82) is 0 Å². The third-order valence-corrected chi connectivity index (χ3v) is 6.26. The van der Waals surface area contributed by atoms with Crippen molar-refractivity contribution in [2.75, 3.05) is 18.4 Å². The zero-order valence-electron chi connectivity index (χ0n) is 16.9. The highest BCUT2D eigenvalue weighted by Crippen LogP contribution is 2.41. The molecule has 1 aromatic heterocycles. The summed E-state index contributed by atoms with van der Waals surface area (Å²) in [5, 5.41) is 4.46. The maximum Gasteiger partial charge on any atom is 0.266 e. The third kappa shape index (κ3) is 4.06. The fraction of sp³-hybridized carbons (Fsp3) is 0.238. The van der Waals surface area contributed by atoms with Crippen molar-refractivity contribution in [3.05, 3.63) is 53.7 Å². The number of hydrogen-bond donors (Lipinski definition) is 2. The van der Waals surface area contributed by atoms with Crippen molar-refractivity contribution >= 4 is 33.0 Å². The Morgan fingerprint density at radius 3 is 3.00 bits per heavy atom. The molecule has 162 valence electrons. The molecule has 9 nitrogen and oxygen atoms in total. The topological polar surface area (TPSA) is 129 Å². The zero-order chi connectivity index (χ0) is 21.8. The summed E-state index contributed by atoms with van der Waals surface area (Å²) in [6.45, 7) is 0.934. The number of allylic oxidation sites excluding steroid dienone is 1. The van der Waals surface area contributed by atoms with Crippen LogP contribution in [0.5, 0.6) is 11.5 Å². The molecule has 0 saturated carbocycles. The molecule has 31 heavy (non-hydrogen) atoms. The lowest BCUT2D eigenvalue weighted by Crippen LogP contribution is -2.15. The molecule has 0 spiro atoms. The smallest absolute Gasteiger partial charge is 0.266 e. The SMILES string of the molecule is COc1ccccc1S(=O)(=O)Nc1noc2cc(CN=CC=CN)c3c(c12)OCCC3. The number of nitrogens with zero attached hydrogens (tertiary/aromatic N) is 2. The van der Waals surface area contributed by atoms with Gasteiger partial charge in [0.1, 0.15) is 21.8 Å². The lowest BCUT2D eigenvalue weighted by molar-refractivity contribution is 0.291. The van der Waals surface area contributed by atoms with E-state index in [0.29, 0.717) is 29.9 Å². The first-order valence-corrected chi connectivity index (χ1v) is 11.1. The van der Waals surface area contributed by atoms with Gasteiger partial charge in [-0.25, -0.2) is 8.42 Å². The average molecular weight is 442 g/mol. The number of anilines is 1. The molecule has 3 aromatic rings. The molecule has 4 rings (SSSR count). The number of nitrogens with two attached hydrogens (primary N) is 1. The van der Waals surface area contributed by atoms with Gasteiger partial charge in [-0.1, -0.05) is 17.3 Å². The van der Waals surface area contributed by atoms with Gasteiger partial charge in [-0.05, 0) is 48.9 Å². The lowest BCUT2D eigenvalue weighted by atomic mass is 9.97. The number of para-hydroxylation sites is 1. The third-order valence-electron chi connectivity index (χ3n) is 4.88. The first-order chi connectivity index (χ1) is 15.0. The maximum absolute atomic E-state index is 13.0. The molecule has 10 heteroatoms. The van der Waals surface area contributed by atoms with Crippen molar-refractivity contribution in [2.24, 2.45) is 10.7 Å². The van der Waals surface area contributed by atoms with Crippen molar-refractivity contribution in [3.8, 4) is 11.5 Å². The van der Waals surface area contributed by atoms with Crippen LogP contribution in [0.3, 0.4) is 0 Å². The molecule has 1 aliphatic rings. The predicted molar refractivity (Wildman–Crippen MR) is 117 cm³/mol. The second kappa shape index (κ2) is 8.68. The van der Waals surface area contributed by atoms with E-state index in [1.165, 1.54) is 19.4 Å². The van der Waals surface area contributed by atoms with Gasteiger partial charge in [-0.15, -0.1) is 0 Å². The van der Waals surface area contributed by atoms with Crippen LogP contribution in [0, 0.1) is 0 Å². The summed E-state index contributed by atoms with van der Waals surface area (Å²) < 4.78 is 45.1. The minimum absolute atomic E-state index is 0.00218. The Morgan fingerprint density at radius 2 is 2.19 bits per heavy atom. The van der Waals surface area contributed by atoms with Crippen molar-refractivity contribution < 1.29 is 22.4 Å². The van der Waals surface area contributed by atoms with Gasteiger partial charge in [0, 0.05) is 11.8 Å². The number of sulfonamides is 1. The first-order valence-electron chi connectivity index (χ1n) is 9.64. The standard InChI is InChI=1S/C21H22N4O5S/c1-28-16-7-2-3-8-18(16)31(26,27)25-21-19-17(30-24-21)12-14(13-23-10-5-9-22)15-6-4-11-29-20(15)19/h2-3,5,7-10,12H,4,6,11,13,22H2,1H3,(H,24,25). The van der Waals surface area contributed by atoms with Gasteiger partial charge in [-0.2, -0.15) is 0 Å². The van der Waals surface area contributed by atoms with Crippen LogP contribution in [0.15, 0.2) is 57.0 Å². The molecule has 0 amide bonds. The highest BCUT2D eigenvalue weighted by Gasteiger charge is 2.27. The van der Waals surface area contributed by atoms with E-state index in [4.69, 9.17) is 19.7 Å². The molecular formula is C21H22N4O5S. The number of fused-ring (bicyclic) bond motifs is 3. The van der Waals surface area contributed by atoms with Crippen molar-refractivity contribution in [1.82, 2.24) is 5.16 Å². The monoisotopic (exact) mass is 442 g/mol. The quantitative estimate of drug-likeness (QED) is 0.538. The Balaban J connectivity index is 1.77. The molecule has 3 N–H and O–H groups in total. The molecule has 0 bridgehead atoms. The Bertz CT molecular complexity index is 1260. The number of rotatable bonds is 7. The molecule has 0 saturated heterocycles. The number of ether oxygens (including phenoxy) is 2. The molecule has 0 fully saturated rings. The van der Waals surface area contributed by atoms with E-state index in [2.05, 4.69) is 14.9 Å². The highest BCUT2D eigenvalue weighted by molar-refractivity contribution is 7.92. The number of aromatic nitrogens is 1. The normalized spacial score (nSPS) is 14.1. The summed E-state index contributed by atoms with van der Waals surface area (Å²) in [4.78, 5) is 4.34. The maximum atomic E-state index is 13.0. The van der Waals surface area contributed by atoms with E-state index in [-0.39, 0.29) is 16.5 Å². The Kier molecular flexibility index (Phi) is 5.81. The number of aliphatic imine (C=N–C) groups is 1. The number of benzene rings is 2. The average Bonchev–Trinajstić information content (AvgIpc) is 3.18. The van der Waals surface area contributed by atoms with Gasteiger partial charge < -0.3 is 19.7 Å². The zero-order valence-corrected chi connectivity index (χ0v) is 17.7. The van der Waals surface area contributed by atoms with E-state index in [1.807, 2.05) is 6.07 Å². The van der Waals surface area contributed by atoms with Crippen LogP contribution in [0.2, 0.25) is 0 Å². The second-order valence-electron chi connectivity index (χ2n) is 6.83. The van der Waals surface area contributed by atoms with E-state index in [9.17, 15) is 8.42 Å². The van der Waals surface area contributed by atoms with E-state index < -0.39 is 10.0 Å². The molecule has 0 aliphatic carbocycles. The van der Waals surface area contributed by atoms with Gasteiger partial charge in [-0.3, -0.25) is 9.71 Å². The first kappa shape index (κ1) is 20.7. The molecule has 2 aromatic carbocycles. The Hall–Kier alpha value is -3.53. The van der Waals surface area contributed by atoms with Gasteiger partial charge in [0.2, 0.25) is 0 Å². The molecule has 0 unspecified atom stereocenters. The van der Waals surface area contributed by atoms with Gasteiger partial charge in [0.25, 0.3) is 10.0 Å². The second-order valence-corrected chi connectivity index (χ2v) is 8.48. The summed E-state index contributed by atoms with van der Waals surface area (Å²) >= 11 is 0. The molecule has 1 aliphatic heterocycles. The van der Waals surface area contributed by atoms with Gasteiger partial charge in [0.15, 0.2) is 11.4 Å². The van der Waals surface area contributed by atoms with Crippen LogP contribution in [0.4, 0.5) is 5.82 Å². The lowest BCUT2D eigenvalue weighted by Gasteiger charge is -2.20. The molecule has 2 heterocycles. The van der Waals surface area contributed by atoms with Crippen molar-refractivity contribution in [3.63, 3.8) is 0 Å². The van der Waals surface area contributed by atoms with Crippen LogP contribution in [-0.4, -0.2) is 33.5 Å². The predicted octanol–water partition coefficient (Wildman–Crippen LogP) is 3.01. The summed E-state index contributed by atoms with van der Waals surface area (Å²) in [6, 6.07) is 8.17. The van der Waals surface area contributed by atoms with Crippen LogP contribution in [0.25, 0.3) is 11.0 Å². The largest absolute Gasteiger partial charge is 0.495 e. The summed E-state index contributed by atoms with van der Waals surface area (Å²) in [5.74, 6) is 0.871. The van der Waals surface area contributed by atoms with Crippen molar-refractivity contribution in [2.45, 2.75) is 24.3 Å². The Morgan fingerprint density at radius 1 is 1.35 bits per heavy atom. The fourth-order valence-corrected chi connectivity index (χ4v) is 4.69.